The summed E-state index contributed by atoms with van der Waals surface area (Å²) in [5.74, 6) is 1.66. The fourth-order valence-electron chi connectivity index (χ4n) is 3.72. The van der Waals surface area contributed by atoms with E-state index in [4.69, 9.17) is 44.0 Å². The van der Waals surface area contributed by atoms with Crippen molar-refractivity contribution in [3.05, 3.63) is 97.5 Å². The number of carbonyl (C=O) groups excluding carboxylic acids is 1. The number of amides is 1. The molecular weight excluding hydrogens is 521 g/mol. The fourth-order valence-corrected chi connectivity index (χ4v) is 4.40. The van der Waals surface area contributed by atoms with Gasteiger partial charge in [0.1, 0.15) is 18.1 Å². The molecule has 6 nitrogen and oxygen atoms in total. The number of benzene rings is 2. The van der Waals surface area contributed by atoms with Crippen molar-refractivity contribution in [3.8, 4) is 5.75 Å². The molecule has 1 amide bonds. The molecule has 0 unspecified atom stereocenters. The maximum atomic E-state index is 12.8. The summed E-state index contributed by atoms with van der Waals surface area (Å²) in [6, 6.07) is 14.3. The van der Waals surface area contributed by atoms with E-state index in [1.54, 1.807) is 41.1 Å². The Kier molecular flexibility index (Phi) is 7.98. The number of hydrogen-bond acceptors (Lipinski definition) is 4. The highest BCUT2D eigenvalue weighted by Gasteiger charge is 2.17. The van der Waals surface area contributed by atoms with Gasteiger partial charge in [-0.05, 0) is 67.3 Å². The quantitative estimate of drug-likeness (QED) is 0.243. The van der Waals surface area contributed by atoms with E-state index in [0.717, 1.165) is 28.1 Å². The number of anilines is 1. The predicted molar refractivity (Wildman–Crippen MR) is 144 cm³/mol. The zero-order valence-electron chi connectivity index (χ0n) is 20.4. The van der Waals surface area contributed by atoms with E-state index in [1.807, 2.05) is 26.0 Å². The third kappa shape index (κ3) is 5.89. The number of nitrogens with zero attached hydrogens (tertiary/aromatic N) is 2. The molecule has 2 aromatic carbocycles. The van der Waals surface area contributed by atoms with E-state index in [2.05, 4.69) is 24.3 Å². The molecule has 0 saturated heterocycles. The number of aromatic nitrogens is 2. The molecule has 0 saturated carbocycles. The summed E-state index contributed by atoms with van der Waals surface area (Å²) in [5.41, 5.74) is 3.55. The molecule has 36 heavy (non-hydrogen) atoms. The molecule has 0 radical (unpaired) electrons. The van der Waals surface area contributed by atoms with Crippen molar-refractivity contribution >= 4 is 46.5 Å². The highest BCUT2D eigenvalue weighted by Crippen LogP contribution is 2.32. The molecular formula is C27H26Cl3N3O3. The van der Waals surface area contributed by atoms with Crippen molar-refractivity contribution < 1.29 is 13.9 Å². The van der Waals surface area contributed by atoms with Crippen molar-refractivity contribution in [2.24, 2.45) is 0 Å². The second kappa shape index (κ2) is 11.0. The molecule has 1 N–H and O–H groups in total. The Bertz CT molecular complexity index is 1390. The van der Waals surface area contributed by atoms with Gasteiger partial charge < -0.3 is 14.5 Å². The highest BCUT2D eigenvalue weighted by atomic mass is 35.5. The van der Waals surface area contributed by atoms with Crippen LogP contribution < -0.4 is 10.1 Å². The van der Waals surface area contributed by atoms with Gasteiger partial charge in [-0.3, -0.25) is 9.48 Å². The fraction of sp³-hybridized carbons (Fsp3) is 0.259. The first-order valence-electron chi connectivity index (χ1n) is 11.4. The predicted octanol–water partition coefficient (Wildman–Crippen LogP) is 8.06. The summed E-state index contributed by atoms with van der Waals surface area (Å²) in [5, 5.41) is 9.06. The van der Waals surface area contributed by atoms with Crippen LogP contribution in [-0.4, -0.2) is 15.7 Å². The van der Waals surface area contributed by atoms with Crippen LogP contribution in [0.4, 0.5) is 5.82 Å². The Morgan fingerprint density at radius 2 is 1.78 bits per heavy atom. The van der Waals surface area contributed by atoms with Gasteiger partial charge in [-0.2, -0.15) is 5.10 Å². The number of ether oxygens (including phenoxy) is 1. The van der Waals surface area contributed by atoms with E-state index in [-0.39, 0.29) is 18.3 Å². The molecule has 4 rings (SSSR count). The van der Waals surface area contributed by atoms with Crippen LogP contribution in [0.3, 0.4) is 0 Å². The average molecular weight is 547 g/mol. The van der Waals surface area contributed by atoms with Gasteiger partial charge in [0.25, 0.3) is 5.91 Å². The van der Waals surface area contributed by atoms with Crippen LogP contribution in [0.1, 0.15) is 58.5 Å². The van der Waals surface area contributed by atoms with Crippen LogP contribution in [0.5, 0.6) is 5.75 Å². The first-order valence-corrected chi connectivity index (χ1v) is 12.6. The molecule has 4 aromatic rings. The summed E-state index contributed by atoms with van der Waals surface area (Å²) in [6.45, 7) is 8.54. The van der Waals surface area contributed by atoms with Crippen LogP contribution >= 0.6 is 34.8 Å². The minimum atomic E-state index is -0.410. The Morgan fingerprint density at radius 3 is 2.47 bits per heavy atom. The van der Waals surface area contributed by atoms with Gasteiger partial charge in [0.05, 0.1) is 6.54 Å². The van der Waals surface area contributed by atoms with Crippen LogP contribution in [0.15, 0.2) is 52.9 Å². The number of halogens is 3. The summed E-state index contributed by atoms with van der Waals surface area (Å²) >= 11 is 18.8. The zero-order valence-corrected chi connectivity index (χ0v) is 22.6. The lowest BCUT2D eigenvalue weighted by molar-refractivity contribution is 0.0992. The van der Waals surface area contributed by atoms with Crippen molar-refractivity contribution in [1.82, 2.24) is 9.78 Å². The van der Waals surface area contributed by atoms with E-state index in [0.29, 0.717) is 33.2 Å². The zero-order chi connectivity index (χ0) is 26.0. The lowest BCUT2D eigenvalue weighted by atomic mass is 10.0. The summed E-state index contributed by atoms with van der Waals surface area (Å²) in [4.78, 5) is 12.8. The second-order valence-corrected chi connectivity index (χ2v) is 10.1. The average Bonchev–Trinajstić information content (AvgIpc) is 3.43. The van der Waals surface area contributed by atoms with Crippen LogP contribution in [0, 0.1) is 13.8 Å². The summed E-state index contributed by atoms with van der Waals surface area (Å²) < 4.78 is 13.5. The topological polar surface area (TPSA) is 69.3 Å². The minimum Gasteiger partial charge on any atom is -0.485 e. The van der Waals surface area contributed by atoms with E-state index in [9.17, 15) is 4.79 Å². The number of hydrogen-bond donors (Lipinski definition) is 1. The molecule has 9 heteroatoms. The number of nitrogens with one attached hydrogen (secondary N) is 1. The van der Waals surface area contributed by atoms with Gasteiger partial charge in [0, 0.05) is 32.4 Å². The molecule has 0 spiro atoms. The first kappa shape index (κ1) is 26.1. The SMILES string of the molecule is Cc1cc(OCc2ccc(C(=O)Nc3cc(C)n(Cc4c(Cl)cccc4Cl)n3)o2)c(C(C)C)cc1Cl. The lowest BCUT2D eigenvalue weighted by Gasteiger charge is -2.15. The third-order valence-electron chi connectivity index (χ3n) is 5.76. The van der Waals surface area contributed by atoms with Crippen molar-refractivity contribution in [2.45, 2.75) is 46.8 Å². The smallest absolute Gasteiger partial charge is 0.292 e. The Hall–Kier alpha value is -2.93. The summed E-state index contributed by atoms with van der Waals surface area (Å²) in [7, 11) is 0. The van der Waals surface area contributed by atoms with E-state index >= 15 is 0 Å². The van der Waals surface area contributed by atoms with Gasteiger partial charge in [0.2, 0.25) is 0 Å². The third-order valence-corrected chi connectivity index (χ3v) is 6.88. The monoisotopic (exact) mass is 545 g/mol. The maximum absolute atomic E-state index is 12.8. The molecule has 0 atom stereocenters. The van der Waals surface area contributed by atoms with Crippen LogP contribution in [0.2, 0.25) is 15.1 Å². The molecule has 0 bridgehead atoms. The first-order chi connectivity index (χ1) is 17.1. The number of carbonyl (C=O) groups is 1. The molecule has 0 aliphatic rings. The van der Waals surface area contributed by atoms with Gasteiger partial charge in [-0.25, -0.2) is 0 Å². The summed E-state index contributed by atoms with van der Waals surface area (Å²) in [6.07, 6.45) is 0. The Morgan fingerprint density at radius 1 is 1.06 bits per heavy atom. The van der Waals surface area contributed by atoms with E-state index < -0.39 is 5.91 Å². The Balaban J connectivity index is 1.42. The normalized spacial score (nSPS) is 11.2. The highest BCUT2D eigenvalue weighted by molar-refractivity contribution is 6.36. The molecule has 188 valence electrons. The number of aryl methyl sites for hydroxylation is 2. The van der Waals surface area contributed by atoms with Crippen molar-refractivity contribution in [3.63, 3.8) is 0 Å². The van der Waals surface area contributed by atoms with Crippen molar-refractivity contribution in [2.75, 3.05) is 5.32 Å². The Labute approximate surface area is 225 Å². The molecule has 2 aromatic heterocycles. The van der Waals surface area contributed by atoms with Crippen LogP contribution in [0.25, 0.3) is 0 Å². The molecule has 0 fully saturated rings. The number of rotatable bonds is 8. The lowest BCUT2D eigenvalue weighted by Crippen LogP contribution is -2.12. The molecule has 0 aliphatic heterocycles. The van der Waals surface area contributed by atoms with Crippen LogP contribution in [-0.2, 0) is 13.2 Å². The molecule has 2 heterocycles. The second-order valence-electron chi connectivity index (χ2n) is 8.83. The largest absolute Gasteiger partial charge is 0.485 e. The number of furan rings is 1. The van der Waals surface area contributed by atoms with Gasteiger partial charge in [-0.15, -0.1) is 0 Å². The minimum absolute atomic E-state index is 0.159. The standard InChI is InChI=1S/C27H26Cl3N3O3/c1-15(2)19-12-23(30)16(3)10-25(19)35-14-18-8-9-24(36-18)27(34)31-26-11-17(4)33(32-26)13-20-21(28)6-5-7-22(20)29/h5-12,15H,13-14H2,1-4H3,(H,31,32,34). The van der Waals surface area contributed by atoms with Gasteiger partial charge >= 0.3 is 0 Å². The van der Waals surface area contributed by atoms with Crippen molar-refractivity contribution in [1.29, 1.82) is 0 Å². The van der Waals surface area contributed by atoms with Gasteiger partial charge in [-0.1, -0.05) is 54.7 Å². The van der Waals surface area contributed by atoms with E-state index in [1.165, 1.54) is 0 Å². The van der Waals surface area contributed by atoms with Gasteiger partial charge in [0.15, 0.2) is 11.6 Å². The maximum Gasteiger partial charge on any atom is 0.292 e. The molecule has 0 aliphatic carbocycles.